The molecule has 1 rings (SSSR count). The molecular formula is C5H5F3O. The second-order valence-corrected chi connectivity index (χ2v) is 1.82. The average Bonchev–Trinajstić information content (AvgIpc) is 2.50. The molecule has 1 atom stereocenters. The molecule has 0 bridgehead atoms. The standard InChI is InChI=1S/C5H5F3O/c6-4(5(7)8)1-3-2-9-3/h3H,1-2H2. The van der Waals surface area contributed by atoms with E-state index in [2.05, 4.69) is 4.74 Å². The summed E-state index contributed by atoms with van der Waals surface area (Å²) < 4.78 is 38.9. The summed E-state index contributed by atoms with van der Waals surface area (Å²) in [5, 5.41) is 0. The molecular weight excluding hydrogens is 133 g/mol. The SMILES string of the molecule is FC(F)=C(F)CC1CO1. The van der Waals surface area contributed by atoms with Gasteiger partial charge >= 0.3 is 6.08 Å². The molecule has 0 amide bonds. The molecule has 0 N–H and O–H groups in total. The number of ether oxygens (including phenoxy) is 1. The van der Waals surface area contributed by atoms with Crippen molar-refractivity contribution in [3.8, 4) is 0 Å². The van der Waals surface area contributed by atoms with E-state index in [1.54, 1.807) is 0 Å². The Bertz CT molecular complexity index is 135. The van der Waals surface area contributed by atoms with Crippen LogP contribution in [0.3, 0.4) is 0 Å². The molecule has 0 spiro atoms. The van der Waals surface area contributed by atoms with E-state index < -0.39 is 11.9 Å². The Labute approximate surface area is 50.1 Å². The molecule has 52 valence electrons. The molecule has 1 fully saturated rings. The van der Waals surface area contributed by atoms with Crippen LogP contribution in [-0.2, 0) is 4.74 Å². The molecule has 0 saturated carbocycles. The van der Waals surface area contributed by atoms with Crippen LogP contribution in [0, 0.1) is 0 Å². The molecule has 0 aliphatic carbocycles. The summed E-state index contributed by atoms with van der Waals surface area (Å²) in [6.07, 6.45) is -2.81. The van der Waals surface area contributed by atoms with Crippen molar-refractivity contribution in [1.82, 2.24) is 0 Å². The third kappa shape index (κ3) is 2.05. The second-order valence-electron chi connectivity index (χ2n) is 1.82. The largest absolute Gasteiger partial charge is 0.373 e. The van der Waals surface area contributed by atoms with Gasteiger partial charge in [0, 0.05) is 6.42 Å². The molecule has 1 unspecified atom stereocenters. The van der Waals surface area contributed by atoms with E-state index in [4.69, 9.17) is 0 Å². The molecule has 1 nitrogen and oxygen atoms in total. The first-order chi connectivity index (χ1) is 4.20. The molecule has 9 heavy (non-hydrogen) atoms. The molecule has 0 aromatic carbocycles. The van der Waals surface area contributed by atoms with Crippen LogP contribution >= 0.6 is 0 Å². The van der Waals surface area contributed by atoms with E-state index in [-0.39, 0.29) is 12.5 Å². The minimum atomic E-state index is -2.23. The maximum absolute atomic E-state index is 11.9. The van der Waals surface area contributed by atoms with Gasteiger partial charge in [0.15, 0.2) is 5.83 Å². The summed E-state index contributed by atoms with van der Waals surface area (Å²) in [7, 11) is 0. The number of hydrogen-bond acceptors (Lipinski definition) is 1. The highest BCUT2D eigenvalue weighted by atomic mass is 19.3. The predicted octanol–water partition coefficient (Wildman–Crippen LogP) is 1.85. The van der Waals surface area contributed by atoms with Crippen LogP contribution in [0.15, 0.2) is 11.9 Å². The fourth-order valence-electron chi connectivity index (χ4n) is 0.463. The summed E-state index contributed by atoms with van der Waals surface area (Å²) >= 11 is 0. The quantitative estimate of drug-likeness (QED) is 0.530. The summed E-state index contributed by atoms with van der Waals surface area (Å²) in [6, 6.07) is 0. The zero-order valence-corrected chi connectivity index (χ0v) is 4.53. The maximum atomic E-state index is 11.9. The smallest absolute Gasteiger partial charge is 0.301 e. The lowest BCUT2D eigenvalue weighted by Crippen LogP contribution is -1.85. The van der Waals surface area contributed by atoms with Gasteiger partial charge < -0.3 is 4.74 Å². The Hall–Kier alpha value is -0.510. The molecule has 0 aromatic heterocycles. The van der Waals surface area contributed by atoms with E-state index in [1.165, 1.54) is 0 Å². The maximum Gasteiger partial charge on any atom is 0.301 e. The number of rotatable bonds is 2. The Morgan fingerprint density at radius 2 is 2.00 bits per heavy atom. The fraction of sp³-hybridized carbons (Fsp3) is 0.600. The van der Waals surface area contributed by atoms with E-state index in [1.807, 2.05) is 0 Å². The van der Waals surface area contributed by atoms with Gasteiger partial charge in [-0.15, -0.1) is 0 Å². The molecule has 1 saturated heterocycles. The first-order valence-electron chi connectivity index (χ1n) is 2.51. The van der Waals surface area contributed by atoms with E-state index in [0.717, 1.165) is 0 Å². The van der Waals surface area contributed by atoms with Crippen molar-refractivity contribution in [2.24, 2.45) is 0 Å². The van der Waals surface area contributed by atoms with Crippen molar-refractivity contribution < 1.29 is 17.9 Å². The number of halogens is 3. The lowest BCUT2D eigenvalue weighted by atomic mass is 10.3. The number of epoxide rings is 1. The van der Waals surface area contributed by atoms with Crippen LogP contribution in [0.25, 0.3) is 0 Å². The molecule has 1 aliphatic rings. The average molecular weight is 138 g/mol. The fourth-order valence-corrected chi connectivity index (χ4v) is 0.463. The van der Waals surface area contributed by atoms with Crippen LogP contribution in [0.1, 0.15) is 6.42 Å². The van der Waals surface area contributed by atoms with Crippen molar-refractivity contribution in [2.75, 3.05) is 6.61 Å². The van der Waals surface area contributed by atoms with Gasteiger partial charge in [0.05, 0.1) is 12.7 Å². The van der Waals surface area contributed by atoms with Gasteiger partial charge in [-0.1, -0.05) is 0 Å². The van der Waals surface area contributed by atoms with Gasteiger partial charge in [0.2, 0.25) is 0 Å². The third-order valence-corrected chi connectivity index (χ3v) is 1.01. The van der Waals surface area contributed by atoms with Crippen LogP contribution in [0.4, 0.5) is 13.2 Å². The first kappa shape index (κ1) is 6.61. The van der Waals surface area contributed by atoms with Gasteiger partial charge in [-0.25, -0.2) is 4.39 Å². The van der Waals surface area contributed by atoms with Gasteiger partial charge in [-0.05, 0) is 0 Å². The topological polar surface area (TPSA) is 12.5 Å². The van der Waals surface area contributed by atoms with Crippen molar-refractivity contribution >= 4 is 0 Å². The zero-order chi connectivity index (χ0) is 6.85. The van der Waals surface area contributed by atoms with E-state index >= 15 is 0 Å². The van der Waals surface area contributed by atoms with Crippen LogP contribution < -0.4 is 0 Å². The van der Waals surface area contributed by atoms with Crippen LogP contribution in [0.5, 0.6) is 0 Å². The molecule has 1 aliphatic heterocycles. The summed E-state index contributed by atoms with van der Waals surface area (Å²) in [4.78, 5) is 0. The van der Waals surface area contributed by atoms with Gasteiger partial charge in [-0.2, -0.15) is 8.78 Å². The summed E-state index contributed by atoms with van der Waals surface area (Å²) in [5.41, 5.74) is 0. The van der Waals surface area contributed by atoms with Crippen LogP contribution in [0.2, 0.25) is 0 Å². The van der Waals surface area contributed by atoms with Crippen LogP contribution in [-0.4, -0.2) is 12.7 Å². The van der Waals surface area contributed by atoms with Gasteiger partial charge in [0.25, 0.3) is 0 Å². The Morgan fingerprint density at radius 3 is 2.33 bits per heavy atom. The summed E-state index contributed by atoms with van der Waals surface area (Å²) in [5.74, 6) is -1.35. The second kappa shape index (κ2) is 2.39. The molecule has 0 aromatic rings. The molecule has 1 heterocycles. The lowest BCUT2D eigenvalue weighted by Gasteiger charge is -1.87. The normalized spacial score (nSPS) is 23.7. The summed E-state index contributed by atoms with van der Waals surface area (Å²) in [6.45, 7) is 0.403. The Balaban J connectivity index is 2.32. The molecule has 4 heteroatoms. The van der Waals surface area contributed by atoms with Crippen molar-refractivity contribution in [3.63, 3.8) is 0 Å². The Morgan fingerprint density at radius 1 is 1.44 bits per heavy atom. The monoisotopic (exact) mass is 138 g/mol. The van der Waals surface area contributed by atoms with Gasteiger partial charge in [-0.3, -0.25) is 0 Å². The lowest BCUT2D eigenvalue weighted by molar-refractivity contribution is 0.346. The first-order valence-corrected chi connectivity index (χ1v) is 2.51. The predicted molar refractivity (Wildman–Crippen MR) is 24.7 cm³/mol. The zero-order valence-electron chi connectivity index (χ0n) is 4.53. The van der Waals surface area contributed by atoms with Crippen molar-refractivity contribution in [1.29, 1.82) is 0 Å². The third-order valence-electron chi connectivity index (χ3n) is 1.01. The van der Waals surface area contributed by atoms with Gasteiger partial charge in [0.1, 0.15) is 0 Å². The van der Waals surface area contributed by atoms with Crippen molar-refractivity contribution in [2.45, 2.75) is 12.5 Å². The highest BCUT2D eigenvalue weighted by molar-refractivity contribution is 4.96. The van der Waals surface area contributed by atoms with E-state index in [9.17, 15) is 13.2 Å². The highest BCUT2D eigenvalue weighted by Gasteiger charge is 2.25. The van der Waals surface area contributed by atoms with Crippen molar-refractivity contribution in [3.05, 3.63) is 11.9 Å². The molecule has 0 radical (unpaired) electrons. The Kier molecular flexibility index (Phi) is 1.75. The van der Waals surface area contributed by atoms with E-state index in [0.29, 0.717) is 6.61 Å². The highest BCUT2D eigenvalue weighted by Crippen LogP contribution is 2.22. The minimum Gasteiger partial charge on any atom is -0.373 e. The number of hydrogen-bond donors (Lipinski definition) is 0. The minimum absolute atomic E-state index is 0.275.